The normalized spacial score (nSPS) is 11.8. The number of carbonyl (C=O) groups is 1. The fourth-order valence-electron chi connectivity index (χ4n) is 3.20. The zero-order valence-electron chi connectivity index (χ0n) is 19.3. The van der Waals surface area contributed by atoms with Crippen LogP contribution in [0.4, 0.5) is 18.9 Å². The number of sulfonamides is 1. The fourth-order valence-corrected chi connectivity index (χ4v) is 5.59. The van der Waals surface area contributed by atoms with Crippen LogP contribution in [0.1, 0.15) is 17.5 Å². The van der Waals surface area contributed by atoms with Crippen molar-refractivity contribution in [3.63, 3.8) is 0 Å². The molecule has 0 bridgehead atoms. The number of benzene rings is 3. The zero-order valence-corrected chi connectivity index (χ0v) is 21.6. The monoisotopic (exact) mass is 556 g/mol. The number of hydrogen-bond donors (Lipinski definition) is 1. The number of nitrogens with one attached hydrogen (secondary N) is 1. The van der Waals surface area contributed by atoms with Crippen LogP contribution in [0.2, 0.25) is 5.02 Å². The number of rotatable bonds is 10. The first-order chi connectivity index (χ1) is 17.0. The number of alkyl halides is 3. The van der Waals surface area contributed by atoms with E-state index in [1.807, 2.05) is 12.1 Å². The van der Waals surface area contributed by atoms with Crippen LogP contribution in [0.15, 0.2) is 82.6 Å². The summed E-state index contributed by atoms with van der Waals surface area (Å²) < 4.78 is 67.2. The number of carbonyl (C=O) groups excluding carboxylic acids is 1. The summed E-state index contributed by atoms with van der Waals surface area (Å²) in [6, 6.07) is 17.1. The Morgan fingerprint density at radius 1 is 1.03 bits per heavy atom. The van der Waals surface area contributed by atoms with Crippen LogP contribution in [-0.4, -0.2) is 33.2 Å². The molecule has 1 amide bonds. The van der Waals surface area contributed by atoms with Crippen LogP contribution in [0.3, 0.4) is 0 Å². The van der Waals surface area contributed by atoms with E-state index < -0.39 is 34.2 Å². The van der Waals surface area contributed by atoms with Gasteiger partial charge in [0.05, 0.1) is 16.1 Å². The minimum atomic E-state index is -4.67. The number of halogens is 4. The molecule has 0 radical (unpaired) electrons. The van der Waals surface area contributed by atoms with Gasteiger partial charge in [-0.25, -0.2) is 8.42 Å². The number of nitrogens with zero attached hydrogens (tertiary/aromatic N) is 1. The summed E-state index contributed by atoms with van der Waals surface area (Å²) >= 11 is 7.44. The number of anilines is 1. The second-order valence-electron chi connectivity index (χ2n) is 7.88. The van der Waals surface area contributed by atoms with Gasteiger partial charge in [0.2, 0.25) is 5.91 Å². The first kappa shape index (κ1) is 27.9. The highest BCUT2D eigenvalue weighted by Crippen LogP contribution is 2.33. The molecule has 0 aliphatic heterocycles. The lowest BCUT2D eigenvalue weighted by Gasteiger charge is -2.25. The molecule has 0 fully saturated rings. The Morgan fingerprint density at radius 3 is 2.33 bits per heavy atom. The smallest absolute Gasteiger partial charge is 0.354 e. The zero-order chi connectivity index (χ0) is 26.3. The molecule has 0 unspecified atom stereocenters. The molecular weight excluding hydrogens is 533 g/mol. The summed E-state index contributed by atoms with van der Waals surface area (Å²) in [6.07, 6.45) is -4.06. The second-order valence-corrected chi connectivity index (χ2v) is 11.3. The summed E-state index contributed by atoms with van der Waals surface area (Å²) in [5.41, 5.74) is -0.448. The number of amides is 1. The van der Waals surface area contributed by atoms with Crippen LogP contribution in [0, 0.1) is 6.92 Å². The maximum atomic E-state index is 13.3. The molecule has 0 saturated heterocycles. The van der Waals surface area contributed by atoms with Crippen LogP contribution < -0.4 is 9.62 Å². The highest BCUT2D eigenvalue weighted by atomic mass is 35.5. The molecule has 0 saturated carbocycles. The van der Waals surface area contributed by atoms with Gasteiger partial charge in [-0.3, -0.25) is 9.10 Å². The van der Waals surface area contributed by atoms with Crippen molar-refractivity contribution in [2.24, 2.45) is 0 Å². The van der Waals surface area contributed by atoms with Gasteiger partial charge in [0.15, 0.2) is 0 Å². The Labute approximate surface area is 217 Å². The van der Waals surface area contributed by atoms with E-state index in [2.05, 4.69) is 5.32 Å². The first-order valence-electron chi connectivity index (χ1n) is 10.9. The molecule has 192 valence electrons. The lowest BCUT2D eigenvalue weighted by atomic mass is 10.2. The second kappa shape index (κ2) is 12.0. The van der Waals surface area contributed by atoms with E-state index in [0.717, 1.165) is 28.7 Å². The lowest BCUT2D eigenvalue weighted by Crippen LogP contribution is -2.41. The minimum absolute atomic E-state index is 0.127. The third-order valence-corrected chi connectivity index (χ3v) is 8.22. The van der Waals surface area contributed by atoms with E-state index in [0.29, 0.717) is 21.5 Å². The Bertz CT molecular complexity index is 1280. The summed E-state index contributed by atoms with van der Waals surface area (Å²) in [5, 5.41) is 3.29. The predicted octanol–water partition coefficient (Wildman–Crippen LogP) is 6.16. The molecule has 11 heteroatoms. The van der Waals surface area contributed by atoms with Crippen LogP contribution in [0.25, 0.3) is 0 Å². The molecule has 3 aromatic carbocycles. The van der Waals surface area contributed by atoms with Gasteiger partial charge in [-0.2, -0.15) is 13.2 Å². The average molecular weight is 557 g/mol. The van der Waals surface area contributed by atoms with Crippen molar-refractivity contribution in [2.45, 2.75) is 29.3 Å². The van der Waals surface area contributed by atoms with Crippen LogP contribution in [-0.2, 0) is 21.0 Å². The molecule has 0 heterocycles. The van der Waals surface area contributed by atoms with Crippen molar-refractivity contribution in [3.8, 4) is 0 Å². The van der Waals surface area contributed by atoms with E-state index in [-0.39, 0.29) is 17.1 Å². The number of thioether (sulfide) groups is 1. The van der Waals surface area contributed by atoms with Crippen molar-refractivity contribution < 1.29 is 26.4 Å². The number of aryl methyl sites for hydroxylation is 1. The molecule has 1 N–H and O–H groups in total. The molecule has 36 heavy (non-hydrogen) atoms. The summed E-state index contributed by atoms with van der Waals surface area (Å²) in [7, 11) is -4.31. The van der Waals surface area contributed by atoms with Crippen molar-refractivity contribution in [1.82, 2.24) is 5.32 Å². The molecule has 0 spiro atoms. The summed E-state index contributed by atoms with van der Waals surface area (Å²) in [5.74, 6) is 0.0700. The Hall–Kier alpha value is -2.69. The molecule has 3 aromatic rings. The van der Waals surface area contributed by atoms with Gasteiger partial charge < -0.3 is 5.32 Å². The van der Waals surface area contributed by atoms with Gasteiger partial charge in [-0.1, -0.05) is 35.4 Å². The molecule has 0 aliphatic rings. The summed E-state index contributed by atoms with van der Waals surface area (Å²) in [4.78, 5) is 13.5. The first-order valence-corrected chi connectivity index (χ1v) is 13.7. The highest BCUT2D eigenvalue weighted by Gasteiger charge is 2.33. The van der Waals surface area contributed by atoms with Gasteiger partial charge in [0, 0.05) is 16.5 Å². The van der Waals surface area contributed by atoms with Crippen LogP contribution >= 0.6 is 23.4 Å². The topological polar surface area (TPSA) is 66.5 Å². The van der Waals surface area contributed by atoms with Crippen molar-refractivity contribution in [2.75, 3.05) is 23.1 Å². The van der Waals surface area contributed by atoms with E-state index in [9.17, 15) is 26.4 Å². The lowest BCUT2D eigenvalue weighted by molar-refractivity contribution is -0.137. The average Bonchev–Trinajstić information content (AvgIpc) is 2.83. The van der Waals surface area contributed by atoms with E-state index in [1.165, 1.54) is 18.2 Å². The largest absolute Gasteiger partial charge is 0.416 e. The molecule has 3 rings (SSSR count). The van der Waals surface area contributed by atoms with Gasteiger partial charge in [-0.15, -0.1) is 11.8 Å². The Morgan fingerprint density at radius 2 is 1.69 bits per heavy atom. The molecule has 0 atom stereocenters. The molecule has 0 aliphatic carbocycles. The molecule has 0 aromatic heterocycles. The fraction of sp³-hybridized carbons (Fsp3) is 0.240. The van der Waals surface area contributed by atoms with Gasteiger partial charge in [0.25, 0.3) is 10.0 Å². The maximum absolute atomic E-state index is 13.3. The third kappa shape index (κ3) is 7.65. The van der Waals surface area contributed by atoms with Gasteiger partial charge in [0.1, 0.15) is 6.54 Å². The van der Waals surface area contributed by atoms with Crippen molar-refractivity contribution >= 4 is 45.0 Å². The Kier molecular flexibility index (Phi) is 9.32. The highest BCUT2D eigenvalue weighted by molar-refractivity contribution is 7.99. The quantitative estimate of drug-likeness (QED) is 0.240. The molecule has 5 nitrogen and oxygen atoms in total. The molecular formula is C25H24ClF3N2O3S2. The van der Waals surface area contributed by atoms with Crippen LogP contribution in [0.5, 0.6) is 0 Å². The standard InChI is InChI=1S/C25H24ClF3N2O3S2/c1-18-6-12-23(13-7-18)36(33,34)31(21-5-2-4-19(16-21)25(27,28)29)17-24(32)30-14-3-15-35-22-10-8-20(26)9-11-22/h2,4-13,16H,3,14-15,17H2,1H3,(H,30,32). The van der Waals surface area contributed by atoms with Gasteiger partial charge >= 0.3 is 6.18 Å². The SMILES string of the molecule is Cc1ccc(S(=O)(=O)N(CC(=O)NCCCSc2ccc(Cl)cc2)c2cccc(C(F)(F)F)c2)cc1. The maximum Gasteiger partial charge on any atom is 0.416 e. The third-order valence-electron chi connectivity index (χ3n) is 5.08. The minimum Gasteiger partial charge on any atom is -0.354 e. The van der Waals surface area contributed by atoms with E-state index in [4.69, 9.17) is 11.6 Å². The summed E-state index contributed by atoms with van der Waals surface area (Å²) in [6.45, 7) is 1.39. The van der Waals surface area contributed by atoms with Crippen molar-refractivity contribution in [3.05, 3.63) is 88.9 Å². The van der Waals surface area contributed by atoms with Gasteiger partial charge in [-0.05, 0) is 73.7 Å². The number of hydrogen-bond acceptors (Lipinski definition) is 4. The van der Waals surface area contributed by atoms with E-state index >= 15 is 0 Å². The Balaban J connectivity index is 1.72. The van der Waals surface area contributed by atoms with E-state index in [1.54, 1.807) is 43.0 Å². The predicted molar refractivity (Wildman–Crippen MR) is 137 cm³/mol. The van der Waals surface area contributed by atoms with Crippen molar-refractivity contribution in [1.29, 1.82) is 0 Å².